The topological polar surface area (TPSA) is 39.7 Å². The predicted octanol–water partition coefficient (Wildman–Crippen LogP) is 3.46. The van der Waals surface area contributed by atoms with Gasteiger partial charge in [-0.15, -0.1) is 0 Å². The summed E-state index contributed by atoms with van der Waals surface area (Å²) in [5, 5.41) is 3.49. The van der Waals surface area contributed by atoms with E-state index in [0.29, 0.717) is 12.6 Å². The van der Waals surface area contributed by atoms with E-state index in [4.69, 9.17) is 14.2 Å². The van der Waals surface area contributed by atoms with Crippen LogP contribution in [0.25, 0.3) is 0 Å². The van der Waals surface area contributed by atoms with Crippen LogP contribution in [-0.4, -0.2) is 32.0 Å². The fraction of sp³-hybridized carbons (Fsp3) is 0.625. The molecule has 0 bridgehead atoms. The molecule has 1 atom stereocenters. The lowest BCUT2D eigenvalue weighted by Gasteiger charge is -2.27. The smallest absolute Gasteiger partial charge is 0.163 e. The number of ether oxygens (including phenoxy) is 3. The van der Waals surface area contributed by atoms with E-state index in [1.54, 1.807) is 7.11 Å². The lowest BCUT2D eigenvalue weighted by Crippen LogP contribution is -2.31. The third kappa shape index (κ3) is 4.04. The van der Waals surface area contributed by atoms with Gasteiger partial charge in [-0.3, -0.25) is 0 Å². The third-order valence-electron chi connectivity index (χ3n) is 3.51. The largest absolute Gasteiger partial charge is 0.490 e. The van der Waals surface area contributed by atoms with Crippen LogP contribution in [0.4, 0.5) is 5.69 Å². The minimum atomic E-state index is -0.127. The molecule has 1 N–H and O–H groups in total. The minimum Gasteiger partial charge on any atom is -0.490 e. The Labute approximate surface area is 121 Å². The van der Waals surface area contributed by atoms with Gasteiger partial charge >= 0.3 is 0 Å². The zero-order valence-electron chi connectivity index (χ0n) is 12.9. The van der Waals surface area contributed by atoms with Crippen LogP contribution in [-0.2, 0) is 4.74 Å². The summed E-state index contributed by atoms with van der Waals surface area (Å²) in [6.07, 6.45) is 1.85. The van der Waals surface area contributed by atoms with Crippen LogP contribution in [0.15, 0.2) is 18.2 Å². The van der Waals surface area contributed by atoms with E-state index in [1.807, 2.05) is 18.2 Å². The average Bonchev–Trinajstić information content (AvgIpc) is 2.62. The van der Waals surface area contributed by atoms with E-state index >= 15 is 0 Å². The molecule has 112 valence electrons. The van der Waals surface area contributed by atoms with Gasteiger partial charge in [0.15, 0.2) is 11.5 Å². The van der Waals surface area contributed by atoms with Crippen LogP contribution in [0.2, 0.25) is 0 Å². The SMILES string of the molecule is COC(C)(C)CC(C)Nc1ccc2c(c1)OCCCO2. The number of hydrogen-bond acceptors (Lipinski definition) is 4. The molecule has 1 aliphatic heterocycles. The first-order valence-electron chi connectivity index (χ1n) is 7.21. The maximum absolute atomic E-state index is 5.70. The maximum Gasteiger partial charge on any atom is 0.163 e. The van der Waals surface area contributed by atoms with Gasteiger partial charge in [0.1, 0.15) is 0 Å². The molecule has 0 aromatic heterocycles. The van der Waals surface area contributed by atoms with Gasteiger partial charge in [0.05, 0.1) is 18.8 Å². The zero-order valence-corrected chi connectivity index (χ0v) is 12.9. The van der Waals surface area contributed by atoms with Crippen LogP contribution in [0.3, 0.4) is 0 Å². The van der Waals surface area contributed by atoms with Gasteiger partial charge < -0.3 is 19.5 Å². The molecular formula is C16H25NO3. The van der Waals surface area contributed by atoms with Gasteiger partial charge in [0, 0.05) is 31.3 Å². The number of methoxy groups -OCH3 is 1. The van der Waals surface area contributed by atoms with E-state index in [2.05, 4.69) is 26.1 Å². The molecule has 1 aromatic rings. The number of hydrogen-bond donors (Lipinski definition) is 1. The van der Waals surface area contributed by atoms with Crippen LogP contribution in [0, 0.1) is 0 Å². The monoisotopic (exact) mass is 279 g/mol. The molecule has 2 rings (SSSR count). The Kier molecular flexibility index (Phi) is 4.76. The summed E-state index contributed by atoms with van der Waals surface area (Å²) in [5.74, 6) is 1.66. The molecule has 0 fully saturated rings. The summed E-state index contributed by atoms with van der Waals surface area (Å²) in [5.41, 5.74) is 0.922. The number of benzene rings is 1. The molecule has 1 heterocycles. The second-order valence-corrected chi connectivity index (χ2v) is 5.93. The van der Waals surface area contributed by atoms with E-state index in [0.717, 1.165) is 36.6 Å². The lowest BCUT2D eigenvalue weighted by atomic mass is 9.99. The molecule has 20 heavy (non-hydrogen) atoms. The molecule has 0 saturated carbocycles. The summed E-state index contributed by atoms with van der Waals surface area (Å²) in [7, 11) is 1.75. The Morgan fingerprint density at radius 2 is 1.95 bits per heavy atom. The van der Waals surface area contributed by atoms with Crippen molar-refractivity contribution in [2.75, 3.05) is 25.6 Å². The van der Waals surface area contributed by atoms with Crippen molar-refractivity contribution in [2.24, 2.45) is 0 Å². The number of rotatable bonds is 5. The molecule has 1 unspecified atom stereocenters. The highest BCUT2D eigenvalue weighted by atomic mass is 16.5. The Morgan fingerprint density at radius 1 is 1.25 bits per heavy atom. The molecule has 4 nitrogen and oxygen atoms in total. The van der Waals surface area contributed by atoms with Crippen molar-refractivity contribution in [1.82, 2.24) is 0 Å². The molecule has 0 radical (unpaired) electrons. The fourth-order valence-electron chi connectivity index (χ4n) is 2.41. The summed E-state index contributed by atoms with van der Waals surface area (Å²) in [6.45, 7) is 7.78. The Bertz CT molecular complexity index is 445. The molecule has 1 aromatic carbocycles. The molecular weight excluding hydrogens is 254 g/mol. The van der Waals surface area contributed by atoms with E-state index in [9.17, 15) is 0 Å². The molecule has 4 heteroatoms. The van der Waals surface area contributed by atoms with Crippen LogP contribution >= 0.6 is 0 Å². The summed E-state index contributed by atoms with van der Waals surface area (Å²) >= 11 is 0. The molecule has 0 saturated heterocycles. The van der Waals surface area contributed by atoms with Crippen LogP contribution in [0.5, 0.6) is 11.5 Å². The first kappa shape index (κ1) is 15.0. The van der Waals surface area contributed by atoms with Gasteiger partial charge in [0.25, 0.3) is 0 Å². The normalized spacial score (nSPS) is 16.4. The molecule has 0 spiro atoms. The number of anilines is 1. The van der Waals surface area contributed by atoms with Crippen LogP contribution < -0.4 is 14.8 Å². The highest BCUT2D eigenvalue weighted by molar-refractivity contribution is 5.55. The molecule has 1 aliphatic rings. The summed E-state index contributed by atoms with van der Waals surface area (Å²) < 4.78 is 16.8. The Morgan fingerprint density at radius 3 is 2.65 bits per heavy atom. The second kappa shape index (κ2) is 6.35. The van der Waals surface area contributed by atoms with Crippen molar-refractivity contribution in [3.63, 3.8) is 0 Å². The van der Waals surface area contributed by atoms with Gasteiger partial charge in [-0.2, -0.15) is 0 Å². The standard InChI is InChI=1S/C16H25NO3/c1-12(11-16(2,3)18-4)17-13-6-7-14-15(10-13)20-9-5-8-19-14/h6-7,10,12,17H,5,8-9,11H2,1-4H3. The van der Waals surface area contributed by atoms with Crippen molar-refractivity contribution in [1.29, 1.82) is 0 Å². The van der Waals surface area contributed by atoms with Crippen molar-refractivity contribution in [2.45, 2.75) is 45.3 Å². The first-order chi connectivity index (χ1) is 9.50. The number of fused-ring (bicyclic) bond motifs is 1. The number of nitrogens with one attached hydrogen (secondary N) is 1. The highest BCUT2D eigenvalue weighted by Gasteiger charge is 2.20. The van der Waals surface area contributed by atoms with Gasteiger partial charge in [0.2, 0.25) is 0 Å². The minimum absolute atomic E-state index is 0.127. The van der Waals surface area contributed by atoms with Gasteiger partial charge in [-0.1, -0.05) is 0 Å². The third-order valence-corrected chi connectivity index (χ3v) is 3.51. The first-order valence-corrected chi connectivity index (χ1v) is 7.21. The fourth-order valence-corrected chi connectivity index (χ4v) is 2.41. The van der Waals surface area contributed by atoms with E-state index in [-0.39, 0.29) is 5.60 Å². The summed E-state index contributed by atoms with van der Waals surface area (Å²) in [6, 6.07) is 6.33. The van der Waals surface area contributed by atoms with Crippen molar-refractivity contribution >= 4 is 5.69 Å². The van der Waals surface area contributed by atoms with Gasteiger partial charge in [-0.25, -0.2) is 0 Å². The quantitative estimate of drug-likeness (QED) is 0.896. The predicted molar refractivity (Wildman–Crippen MR) is 80.8 cm³/mol. The van der Waals surface area contributed by atoms with Crippen molar-refractivity contribution in [3.05, 3.63) is 18.2 Å². The Hall–Kier alpha value is -1.42. The highest BCUT2D eigenvalue weighted by Crippen LogP contribution is 2.32. The second-order valence-electron chi connectivity index (χ2n) is 5.93. The summed E-state index contributed by atoms with van der Waals surface area (Å²) in [4.78, 5) is 0. The van der Waals surface area contributed by atoms with Crippen molar-refractivity contribution < 1.29 is 14.2 Å². The Balaban J connectivity index is 2.01. The maximum atomic E-state index is 5.70. The molecule has 0 amide bonds. The van der Waals surface area contributed by atoms with Crippen molar-refractivity contribution in [3.8, 4) is 11.5 Å². The van der Waals surface area contributed by atoms with E-state index in [1.165, 1.54) is 0 Å². The zero-order chi connectivity index (χ0) is 14.6. The van der Waals surface area contributed by atoms with Gasteiger partial charge in [-0.05, 0) is 39.3 Å². The van der Waals surface area contributed by atoms with E-state index < -0.39 is 0 Å². The average molecular weight is 279 g/mol. The van der Waals surface area contributed by atoms with Crippen LogP contribution in [0.1, 0.15) is 33.6 Å². The molecule has 0 aliphatic carbocycles. The lowest BCUT2D eigenvalue weighted by molar-refractivity contribution is 0.0128.